The van der Waals surface area contributed by atoms with E-state index in [2.05, 4.69) is 63.3 Å². The molecule has 6 nitrogen and oxygen atoms in total. The molecule has 0 rings (SSSR count). The second-order valence-corrected chi connectivity index (χ2v) is 10.8. The topological polar surface area (TPSA) is 78.9 Å². The minimum absolute atomic E-state index is 0.0655. The molecule has 0 heterocycles. The van der Waals surface area contributed by atoms with Crippen molar-refractivity contribution in [2.24, 2.45) is 0 Å². The predicted octanol–water partition coefficient (Wildman–Crippen LogP) is 10.8. The summed E-state index contributed by atoms with van der Waals surface area (Å²) in [6, 6.07) is 0. The highest BCUT2D eigenvalue weighted by atomic mass is 16.6. The molecule has 0 saturated carbocycles. The summed E-state index contributed by atoms with van der Waals surface area (Å²) < 4.78 is 16.2. The highest BCUT2D eigenvalue weighted by Gasteiger charge is 2.18. The Labute approximate surface area is 296 Å². The van der Waals surface area contributed by atoms with Crippen LogP contribution in [0.1, 0.15) is 97.8 Å². The van der Waals surface area contributed by atoms with Gasteiger partial charge in [-0.25, -0.2) is 0 Å². The average Bonchev–Trinajstić information content (AvgIpc) is 3.10. The van der Waals surface area contributed by atoms with Crippen molar-refractivity contribution in [2.45, 2.75) is 104 Å². The lowest BCUT2D eigenvalue weighted by molar-refractivity contribution is -0.166. The number of esters is 3. The lowest BCUT2D eigenvalue weighted by atomic mass is 10.2. The van der Waals surface area contributed by atoms with Gasteiger partial charge in [0.25, 0.3) is 0 Å². The van der Waals surface area contributed by atoms with E-state index in [4.69, 9.17) is 14.2 Å². The van der Waals surface area contributed by atoms with Crippen LogP contribution in [0, 0.1) is 0 Å². The maximum Gasteiger partial charge on any atom is 0.310 e. The monoisotopic (exact) mass is 672 g/mol. The molecule has 6 heteroatoms. The van der Waals surface area contributed by atoms with E-state index in [9.17, 15) is 14.4 Å². The Hall–Kier alpha value is -4.45. The van der Waals surface area contributed by atoms with Gasteiger partial charge < -0.3 is 14.2 Å². The van der Waals surface area contributed by atoms with Crippen LogP contribution in [0.4, 0.5) is 0 Å². The SMILES string of the molecule is CC\C=C/C=C\C=C/C=C\C=C/CCCC(=O)OCC(COC(=O)C/C=C\C/C=C\C/C=C\CC)OC(=O)C/C=C\C/C=C\C/C=C\CC. The summed E-state index contributed by atoms with van der Waals surface area (Å²) in [7, 11) is 0. The Morgan fingerprint density at radius 1 is 0.449 bits per heavy atom. The number of allylic oxidation sites excluding steroid dienone is 20. The van der Waals surface area contributed by atoms with Gasteiger partial charge in [0.05, 0.1) is 12.8 Å². The van der Waals surface area contributed by atoms with Crippen molar-refractivity contribution in [2.75, 3.05) is 13.2 Å². The first kappa shape index (κ1) is 44.5. The summed E-state index contributed by atoms with van der Waals surface area (Å²) in [6.45, 7) is 5.92. The molecule has 0 aromatic carbocycles. The molecule has 0 saturated heterocycles. The van der Waals surface area contributed by atoms with Crippen LogP contribution in [0.2, 0.25) is 0 Å². The first-order chi connectivity index (χ1) is 24.0. The van der Waals surface area contributed by atoms with Crippen LogP contribution in [0.5, 0.6) is 0 Å². The molecule has 0 fully saturated rings. The number of unbranched alkanes of at least 4 members (excludes halogenated alkanes) is 1. The van der Waals surface area contributed by atoms with Crippen LogP contribution < -0.4 is 0 Å². The maximum atomic E-state index is 12.5. The van der Waals surface area contributed by atoms with Crippen molar-refractivity contribution in [3.8, 4) is 0 Å². The van der Waals surface area contributed by atoms with Gasteiger partial charge in [0.1, 0.15) is 13.2 Å². The number of ether oxygens (including phenoxy) is 3. The number of carbonyl (C=O) groups excluding carboxylic acids is 3. The van der Waals surface area contributed by atoms with E-state index in [1.165, 1.54) is 0 Å². The molecule has 0 bridgehead atoms. The van der Waals surface area contributed by atoms with E-state index < -0.39 is 24.0 Å². The normalized spacial score (nSPS) is 13.6. The minimum Gasteiger partial charge on any atom is -0.462 e. The average molecular weight is 673 g/mol. The van der Waals surface area contributed by atoms with Gasteiger partial charge >= 0.3 is 17.9 Å². The Kier molecular flexibility index (Phi) is 33.1. The van der Waals surface area contributed by atoms with Crippen molar-refractivity contribution in [1.82, 2.24) is 0 Å². The van der Waals surface area contributed by atoms with E-state index >= 15 is 0 Å². The summed E-state index contributed by atoms with van der Waals surface area (Å²) in [4.78, 5) is 37.1. The van der Waals surface area contributed by atoms with Gasteiger partial charge in [0, 0.05) is 6.42 Å². The van der Waals surface area contributed by atoms with E-state index in [-0.39, 0.29) is 32.5 Å². The maximum absolute atomic E-state index is 12.5. The zero-order valence-electron chi connectivity index (χ0n) is 30.1. The lowest BCUT2D eigenvalue weighted by Gasteiger charge is -2.17. The molecule has 0 aliphatic heterocycles. The Balaban J connectivity index is 4.74. The molecule has 0 spiro atoms. The fourth-order valence-corrected chi connectivity index (χ4v) is 3.77. The second kappa shape index (κ2) is 36.4. The molecule has 0 N–H and O–H groups in total. The highest BCUT2D eigenvalue weighted by molar-refractivity contribution is 5.72. The van der Waals surface area contributed by atoms with Crippen LogP contribution in [0.15, 0.2) is 134 Å². The first-order valence-corrected chi connectivity index (χ1v) is 17.8. The fourth-order valence-electron chi connectivity index (χ4n) is 3.77. The molecule has 0 amide bonds. The zero-order chi connectivity index (χ0) is 35.9. The zero-order valence-corrected chi connectivity index (χ0v) is 30.1. The third kappa shape index (κ3) is 34.7. The molecule has 0 aliphatic carbocycles. The molecule has 1 atom stereocenters. The molecular weight excluding hydrogens is 612 g/mol. The molecular formula is C43H60O6. The summed E-state index contributed by atoms with van der Waals surface area (Å²) in [5.74, 6) is -1.33. The van der Waals surface area contributed by atoms with E-state index in [0.717, 1.165) is 44.9 Å². The van der Waals surface area contributed by atoms with E-state index in [0.29, 0.717) is 12.8 Å². The van der Waals surface area contributed by atoms with Gasteiger partial charge in [0.2, 0.25) is 0 Å². The van der Waals surface area contributed by atoms with Gasteiger partial charge in [-0.15, -0.1) is 0 Å². The minimum atomic E-state index is -0.891. The van der Waals surface area contributed by atoms with Gasteiger partial charge in [-0.2, -0.15) is 0 Å². The fraction of sp³-hybridized carbons (Fsp3) is 0.419. The van der Waals surface area contributed by atoms with E-state index in [1.807, 2.05) is 79.0 Å². The van der Waals surface area contributed by atoms with Crippen LogP contribution >= 0.6 is 0 Å². The number of rotatable bonds is 28. The standard InChI is InChI=1S/C43H60O6/c1-4-7-10-13-16-19-20-21-22-25-27-30-33-36-42(45)48-39-40(49-43(46)37-34-31-28-24-18-15-12-9-6-3)38-47-41(44)35-32-29-26-23-17-14-11-8-5-2/h7-13,16-25,27,29,31-32,34,40H,4-6,14-15,26,28,30,33,35-39H2,1-3H3/b10-7-,11-8-,12-9-,16-13-,20-19-,22-21-,23-17-,24-18-,27-25-,32-29-,34-31-. The lowest BCUT2D eigenvalue weighted by Crippen LogP contribution is -2.30. The summed E-state index contributed by atoms with van der Waals surface area (Å²) in [6.07, 6.45) is 50.9. The van der Waals surface area contributed by atoms with Gasteiger partial charge in [-0.05, 0) is 57.8 Å². The van der Waals surface area contributed by atoms with Crippen molar-refractivity contribution >= 4 is 17.9 Å². The van der Waals surface area contributed by atoms with Gasteiger partial charge in [-0.3, -0.25) is 14.4 Å². The summed E-state index contributed by atoms with van der Waals surface area (Å²) >= 11 is 0. The molecule has 49 heavy (non-hydrogen) atoms. The van der Waals surface area contributed by atoms with E-state index in [1.54, 1.807) is 12.2 Å². The molecule has 268 valence electrons. The quantitative estimate of drug-likeness (QED) is 0.0271. The van der Waals surface area contributed by atoms with Gasteiger partial charge in [0.15, 0.2) is 6.10 Å². The van der Waals surface area contributed by atoms with Crippen molar-refractivity contribution < 1.29 is 28.6 Å². The Bertz CT molecular complexity index is 1190. The smallest absolute Gasteiger partial charge is 0.310 e. The molecule has 0 aromatic rings. The molecule has 0 aliphatic rings. The van der Waals surface area contributed by atoms with Crippen LogP contribution in [-0.4, -0.2) is 37.2 Å². The second-order valence-electron chi connectivity index (χ2n) is 10.8. The molecule has 0 aromatic heterocycles. The Morgan fingerprint density at radius 3 is 1.37 bits per heavy atom. The van der Waals surface area contributed by atoms with Crippen molar-refractivity contribution in [3.05, 3.63) is 134 Å². The van der Waals surface area contributed by atoms with Crippen LogP contribution in [0.3, 0.4) is 0 Å². The van der Waals surface area contributed by atoms with Crippen LogP contribution in [-0.2, 0) is 28.6 Å². The highest BCUT2D eigenvalue weighted by Crippen LogP contribution is 2.05. The van der Waals surface area contributed by atoms with Gasteiger partial charge in [-0.1, -0.05) is 154 Å². The molecule has 1 unspecified atom stereocenters. The molecule has 0 radical (unpaired) electrons. The van der Waals surface area contributed by atoms with Crippen molar-refractivity contribution in [3.63, 3.8) is 0 Å². The number of hydrogen-bond acceptors (Lipinski definition) is 6. The number of hydrogen-bond donors (Lipinski definition) is 0. The third-order valence-corrected chi connectivity index (χ3v) is 6.32. The Morgan fingerprint density at radius 2 is 0.857 bits per heavy atom. The summed E-state index contributed by atoms with van der Waals surface area (Å²) in [5.41, 5.74) is 0. The van der Waals surface area contributed by atoms with Crippen molar-refractivity contribution in [1.29, 1.82) is 0 Å². The first-order valence-electron chi connectivity index (χ1n) is 17.8. The summed E-state index contributed by atoms with van der Waals surface area (Å²) in [5, 5.41) is 0. The van der Waals surface area contributed by atoms with Crippen LogP contribution in [0.25, 0.3) is 0 Å². The largest absolute Gasteiger partial charge is 0.462 e. The predicted molar refractivity (Wildman–Crippen MR) is 205 cm³/mol. The number of carbonyl (C=O) groups is 3. The third-order valence-electron chi connectivity index (χ3n) is 6.32.